The van der Waals surface area contributed by atoms with Gasteiger partial charge in [-0.1, -0.05) is 5.11 Å². The highest BCUT2D eigenvalue weighted by atomic mass is 32.2. The number of azide groups is 1. The maximum absolute atomic E-state index is 13.1. The Kier molecular flexibility index (Phi) is 5.38. The second-order valence-electron chi connectivity index (χ2n) is 3.58. The van der Waals surface area contributed by atoms with Gasteiger partial charge < -0.3 is 0 Å². The van der Waals surface area contributed by atoms with Gasteiger partial charge in [0.1, 0.15) is 0 Å². The van der Waals surface area contributed by atoms with Gasteiger partial charge in [0.05, 0.1) is 9.82 Å². The van der Waals surface area contributed by atoms with E-state index in [9.17, 15) is 22.9 Å². The van der Waals surface area contributed by atoms with Crippen LogP contribution in [0.1, 0.15) is 6.42 Å². The summed E-state index contributed by atoms with van der Waals surface area (Å²) >= 11 is 0. The summed E-state index contributed by atoms with van der Waals surface area (Å²) in [6.45, 7) is 0.106. The van der Waals surface area contributed by atoms with Crippen molar-refractivity contribution in [2.75, 3.05) is 13.1 Å². The van der Waals surface area contributed by atoms with Crippen molar-refractivity contribution in [2.45, 2.75) is 11.3 Å². The number of benzene rings is 1. The molecule has 0 aromatic heterocycles. The van der Waals surface area contributed by atoms with E-state index in [-0.39, 0.29) is 19.5 Å². The Labute approximate surface area is 113 Å². The number of sulfonamides is 1. The zero-order valence-electron chi connectivity index (χ0n) is 10.1. The number of nitro benzene ring substituents is 1. The number of hydrogen-bond donors (Lipinski definition) is 1. The fourth-order valence-electron chi connectivity index (χ4n) is 1.28. The van der Waals surface area contributed by atoms with Crippen LogP contribution in [0.5, 0.6) is 0 Å². The summed E-state index contributed by atoms with van der Waals surface area (Å²) in [5.74, 6) is -1.11. The van der Waals surface area contributed by atoms with Crippen LogP contribution in [-0.2, 0) is 10.0 Å². The number of halogens is 1. The van der Waals surface area contributed by atoms with Gasteiger partial charge in [0.15, 0.2) is 0 Å². The highest BCUT2D eigenvalue weighted by Crippen LogP contribution is 2.21. The molecule has 11 heteroatoms. The molecule has 0 unspecified atom stereocenters. The van der Waals surface area contributed by atoms with E-state index in [2.05, 4.69) is 14.7 Å². The average Bonchev–Trinajstić information content (AvgIpc) is 2.38. The maximum atomic E-state index is 13.1. The summed E-state index contributed by atoms with van der Waals surface area (Å²) in [5.41, 5.74) is 7.12. The first-order valence-electron chi connectivity index (χ1n) is 5.33. The molecule has 0 radical (unpaired) electrons. The van der Waals surface area contributed by atoms with Gasteiger partial charge in [-0.25, -0.2) is 13.1 Å². The summed E-state index contributed by atoms with van der Waals surface area (Å²) < 4.78 is 38.8. The van der Waals surface area contributed by atoms with E-state index in [1.807, 2.05) is 0 Å². The van der Waals surface area contributed by atoms with E-state index < -0.39 is 31.3 Å². The topological polar surface area (TPSA) is 138 Å². The molecule has 0 heterocycles. The summed E-state index contributed by atoms with van der Waals surface area (Å²) in [6.07, 6.45) is 0.270. The van der Waals surface area contributed by atoms with Gasteiger partial charge in [-0.05, 0) is 24.1 Å². The van der Waals surface area contributed by atoms with Crippen LogP contribution in [0.25, 0.3) is 10.4 Å². The number of nitrogens with zero attached hydrogens (tertiary/aromatic N) is 4. The van der Waals surface area contributed by atoms with Crippen LogP contribution in [0.4, 0.5) is 10.1 Å². The van der Waals surface area contributed by atoms with Crippen LogP contribution < -0.4 is 4.72 Å². The van der Waals surface area contributed by atoms with Crippen molar-refractivity contribution in [3.8, 4) is 0 Å². The second kappa shape index (κ2) is 6.80. The monoisotopic (exact) mass is 303 g/mol. The summed E-state index contributed by atoms with van der Waals surface area (Å²) in [5, 5.41) is 13.8. The standard InChI is InChI=1S/C9H10FN5O4S/c10-8-3-2-7(6-9(8)15(16)17)20(18,19)13-5-1-4-12-14-11/h2-3,6,13H,1,4-5H2. The highest BCUT2D eigenvalue weighted by molar-refractivity contribution is 7.89. The molecule has 1 aromatic carbocycles. The Hall–Kier alpha value is -2.23. The summed E-state index contributed by atoms with van der Waals surface area (Å²) in [4.78, 5) is 11.6. The van der Waals surface area contributed by atoms with Gasteiger partial charge in [0.2, 0.25) is 15.8 Å². The second-order valence-corrected chi connectivity index (χ2v) is 5.34. The molecule has 0 spiro atoms. The van der Waals surface area contributed by atoms with Crippen LogP contribution in [0.2, 0.25) is 0 Å². The Morgan fingerprint density at radius 1 is 1.50 bits per heavy atom. The first-order chi connectivity index (χ1) is 9.38. The molecule has 0 amide bonds. The molecule has 0 aliphatic carbocycles. The average molecular weight is 303 g/mol. The largest absolute Gasteiger partial charge is 0.306 e. The molecule has 0 fully saturated rings. The minimum Gasteiger partial charge on any atom is -0.258 e. The SMILES string of the molecule is [N-]=[N+]=NCCCNS(=O)(=O)c1ccc(F)c([N+](=O)[O-])c1. The molecule has 0 saturated carbocycles. The molecule has 1 aromatic rings. The van der Waals surface area contributed by atoms with Gasteiger partial charge in [-0.3, -0.25) is 10.1 Å². The molecule has 20 heavy (non-hydrogen) atoms. The smallest absolute Gasteiger partial charge is 0.258 e. The predicted octanol–water partition coefficient (Wildman–Crippen LogP) is 1.71. The lowest BCUT2D eigenvalue weighted by atomic mass is 10.3. The van der Waals surface area contributed by atoms with E-state index in [0.717, 1.165) is 6.07 Å². The van der Waals surface area contributed by atoms with Gasteiger partial charge in [0.25, 0.3) is 0 Å². The van der Waals surface area contributed by atoms with E-state index in [4.69, 9.17) is 5.53 Å². The van der Waals surface area contributed by atoms with Crippen molar-refractivity contribution in [3.05, 3.63) is 44.6 Å². The van der Waals surface area contributed by atoms with E-state index in [0.29, 0.717) is 12.1 Å². The van der Waals surface area contributed by atoms with Crippen LogP contribution >= 0.6 is 0 Å². The Morgan fingerprint density at radius 3 is 2.80 bits per heavy atom. The molecule has 0 atom stereocenters. The van der Waals surface area contributed by atoms with Gasteiger partial charge in [0, 0.05) is 24.1 Å². The minimum atomic E-state index is -3.98. The normalized spacial score (nSPS) is 10.8. The van der Waals surface area contributed by atoms with E-state index in [1.165, 1.54) is 0 Å². The Morgan fingerprint density at radius 2 is 2.20 bits per heavy atom. The third-order valence-corrected chi connectivity index (χ3v) is 3.67. The lowest BCUT2D eigenvalue weighted by molar-refractivity contribution is -0.387. The molecule has 1 N–H and O–H groups in total. The lowest BCUT2D eigenvalue weighted by Gasteiger charge is -2.06. The van der Waals surface area contributed by atoms with E-state index in [1.54, 1.807) is 0 Å². The molecule has 0 saturated heterocycles. The first kappa shape index (κ1) is 15.8. The zero-order chi connectivity index (χ0) is 15.2. The summed E-state index contributed by atoms with van der Waals surface area (Å²) in [6, 6.07) is 2.29. The van der Waals surface area contributed by atoms with Crippen molar-refractivity contribution in [2.24, 2.45) is 5.11 Å². The fraction of sp³-hybridized carbons (Fsp3) is 0.333. The number of nitrogens with one attached hydrogen (secondary N) is 1. The lowest BCUT2D eigenvalue weighted by Crippen LogP contribution is -2.25. The fourth-order valence-corrected chi connectivity index (χ4v) is 2.38. The van der Waals surface area contributed by atoms with Crippen LogP contribution in [0, 0.1) is 15.9 Å². The zero-order valence-corrected chi connectivity index (χ0v) is 10.9. The Bertz CT molecular complexity index is 656. The third kappa shape index (κ3) is 4.16. The first-order valence-corrected chi connectivity index (χ1v) is 6.81. The van der Waals surface area contributed by atoms with E-state index >= 15 is 0 Å². The molecule has 0 bridgehead atoms. The number of hydrogen-bond acceptors (Lipinski definition) is 5. The minimum absolute atomic E-state index is 0.00741. The molecule has 0 aliphatic rings. The summed E-state index contributed by atoms with van der Waals surface area (Å²) in [7, 11) is -3.98. The van der Waals surface area contributed by atoms with Crippen molar-refractivity contribution >= 4 is 15.7 Å². The van der Waals surface area contributed by atoms with Crippen LogP contribution in [-0.4, -0.2) is 26.4 Å². The van der Waals surface area contributed by atoms with Crippen molar-refractivity contribution in [1.82, 2.24) is 4.72 Å². The third-order valence-electron chi connectivity index (χ3n) is 2.21. The van der Waals surface area contributed by atoms with Gasteiger partial charge >= 0.3 is 5.69 Å². The molecular formula is C9H10FN5O4S. The maximum Gasteiger partial charge on any atom is 0.306 e. The van der Waals surface area contributed by atoms with Crippen LogP contribution in [0.3, 0.4) is 0 Å². The van der Waals surface area contributed by atoms with Crippen molar-refractivity contribution < 1.29 is 17.7 Å². The number of nitro groups is 1. The molecule has 0 aliphatic heterocycles. The van der Waals surface area contributed by atoms with Crippen molar-refractivity contribution in [3.63, 3.8) is 0 Å². The van der Waals surface area contributed by atoms with Crippen molar-refractivity contribution in [1.29, 1.82) is 0 Å². The molecule has 9 nitrogen and oxygen atoms in total. The molecular weight excluding hydrogens is 293 g/mol. The molecule has 1 rings (SSSR count). The number of rotatable bonds is 7. The predicted molar refractivity (Wildman–Crippen MR) is 66.9 cm³/mol. The van der Waals surface area contributed by atoms with Gasteiger partial charge in [-0.2, -0.15) is 4.39 Å². The quantitative estimate of drug-likeness (QED) is 0.204. The Balaban J connectivity index is 2.85. The van der Waals surface area contributed by atoms with Gasteiger partial charge in [-0.15, -0.1) is 0 Å². The highest BCUT2D eigenvalue weighted by Gasteiger charge is 2.20. The molecule has 108 valence electrons. The van der Waals surface area contributed by atoms with Crippen LogP contribution in [0.15, 0.2) is 28.2 Å².